The quantitative estimate of drug-likeness (QED) is 0.624. The standard InChI is InChI=1S/C18H18N4O3S/c1-11-6-8-12(9-7-11)19-18(25)22-21-16(23)10-15-17(24)20-13-4-2-3-5-14(13)26-15/h2-9,15H,10H2,1H3,(H,20,24)(H,21,23)(H2,19,22,25)/t15-/m1/s1. The topological polar surface area (TPSA) is 99.3 Å². The van der Waals surface area contributed by atoms with Gasteiger partial charge < -0.3 is 10.6 Å². The Morgan fingerprint density at radius 1 is 1.08 bits per heavy atom. The van der Waals surface area contributed by atoms with Crippen LogP contribution in [0.2, 0.25) is 0 Å². The molecule has 4 N–H and O–H groups in total. The molecule has 0 radical (unpaired) electrons. The molecule has 134 valence electrons. The highest BCUT2D eigenvalue weighted by Gasteiger charge is 2.28. The molecule has 3 rings (SSSR count). The maximum atomic E-state index is 12.1. The third-order valence-electron chi connectivity index (χ3n) is 3.70. The van der Waals surface area contributed by atoms with Gasteiger partial charge in [0.25, 0.3) is 0 Å². The fraction of sp³-hybridized carbons (Fsp3) is 0.167. The van der Waals surface area contributed by atoms with Crippen LogP contribution in [-0.4, -0.2) is 23.1 Å². The molecule has 8 heteroatoms. The van der Waals surface area contributed by atoms with Gasteiger partial charge >= 0.3 is 6.03 Å². The van der Waals surface area contributed by atoms with Crippen molar-refractivity contribution in [2.24, 2.45) is 0 Å². The molecule has 0 bridgehead atoms. The molecule has 0 saturated heterocycles. The molecule has 1 atom stereocenters. The minimum atomic E-state index is -0.562. The lowest BCUT2D eigenvalue weighted by molar-refractivity contribution is -0.124. The number of benzene rings is 2. The monoisotopic (exact) mass is 370 g/mol. The lowest BCUT2D eigenvalue weighted by Crippen LogP contribution is -2.45. The second-order valence-corrected chi connectivity index (χ2v) is 7.03. The van der Waals surface area contributed by atoms with E-state index in [9.17, 15) is 14.4 Å². The van der Waals surface area contributed by atoms with Crippen molar-refractivity contribution >= 4 is 41.0 Å². The van der Waals surface area contributed by atoms with Gasteiger partial charge in [0.1, 0.15) is 0 Å². The van der Waals surface area contributed by atoms with Crippen molar-refractivity contribution in [1.82, 2.24) is 10.9 Å². The van der Waals surface area contributed by atoms with Gasteiger partial charge in [0, 0.05) is 17.0 Å². The van der Waals surface area contributed by atoms with Gasteiger partial charge in [-0.25, -0.2) is 10.2 Å². The lowest BCUT2D eigenvalue weighted by Gasteiger charge is -2.23. The Morgan fingerprint density at radius 3 is 2.58 bits per heavy atom. The number of hydrogen-bond acceptors (Lipinski definition) is 4. The molecular weight excluding hydrogens is 352 g/mol. The number of hydrazine groups is 1. The molecule has 0 spiro atoms. The minimum absolute atomic E-state index is 0.0460. The van der Waals surface area contributed by atoms with Crippen LogP contribution in [0.3, 0.4) is 0 Å². The summed E-state index contributed by atoms with van der Waals surface area (Å²) in [6, 6.07) is 14.1. The summed E-state index contributed by atoms with van der Waals surface area (Å²) >= 11 is 1.33. The Kier molecular flexibility index (Phi) is 5.43. The van der Waals surface area contributed by atoms with E-state index in [-0.39, 0.29) is 12.3 Å². The Labute approximate surface area is 154 Å². The Bertz CT molecular complexity index is 839. The van der Waals surface area contributed by atoms with Crippen LogP contribution >= 0.6 is 11.8 Å². The number of urea groups is 1. The first-order valence-electron chi connectivity index (χ1n) is 8.00. The van der Waals surface area contributed by atoms with Crippen LogP contribution in [0.4, 0.5) is 16.2 Å². The van der Waals surface area contributed by atoms with E-state index in [1.54, 1.807) is 12.1 Å². The molecule has 2 aromatic carbocycles. The first-order chi connectivity index (χ1) is 12.5. The van der Waals surface area contributed by atoms with Gasteiger partial charge in [0.15, 0.2) is 0 Å². The van der Waals surface area contributed by atoms with Gasteiger partial charge in [-0.3, -0.25) is 15.0 Å². The van der Waals surface area contributed by atoms with Crippen molar-refractivity contribution in [2.45, 2.75) is 23.5 Å². The fourth-order valence-electron chi connectivity index (χ4n) is 2.37. The van der Waals surface area contributed by atoms with E-state index in [1.165, 1.54) is 11.8 Å². The zero-order chi connectivity index (χ0) is 18.5. The second kappa shape index (κ2) is 7.92. The summed E-state index contributed by atoms with van der Waals surface area (Å²) in [7, 11) is 0. The van der Waals surface area contributed by atoms with Gasteiger partial charge in [0.05, 0.1) is 10.9 Å². The number of rotatable bonds is 3. The van der Waals surface area contributed by atoms with Crippen molar-refractivity contribution in [3.8, 4) is 0 Å². The molecule has 0 unspecified atom stereocenters. The summed E-state index contributed by atoms with van der Waals surface area (Å²) < 4.78 is 0. The summed E-state index contributed by atoms with van der Waals surface area (Å²) in [5, 5.41) is 4.83. The van der Waals surface area contributed by atoms with E-state index in [4.69, 9.17) is 0 Å². The van der Waals surface area contributed by atoms with Crippen LogP contribution in [0.1, 0.15) is 12.0 Å². The number of amides is 4. The first-order valence-corrected chi connectivity index (χ1v) is 8.88. The molecule has 7 nitrogen and oxygen atoms in total. The molecule has 26 heavy (non-hydrogen) atoms. The second-order valence-electron chi connectivity index (χ2n) is 5.79. The Hall–Kier alpha value is -3.00. The highest BCUT2D eigenvalue weighted by molar-refractivity contribution is 8.01. The minimum Gasteiger partial charge on any atom is -0.324 e. The van der Waals surface area contributed by atoms with Crippen molar-refractivity contribution < 1.29 is 14.4 Å². The average molecular weight is 370 g/mol. The molecule has 0 aliphatic carbocycles. The lowest BCUT2D eigenvalue weighted by atomic mass is 10.2. The molecule has 1 heterocycles. The number of nitrogens with one attached hydrogen (secondary N) is 4. The van der Waals surface area contributed by atoms with Crippen LogP contribution in [-0.2, 0) is 9.59 Å². The number of anilines is 2. The van der Waals surface area contributed by atoms with Crippen molar-refractivity contribution in [1.29, 1.82) is 0 Å². The predicted molar refractivity (Wildman–Crippen MR) is 101 cm³/mol. The number of para-hydroxylation sites is 1. The summed E-state index contributed by atoms with van der Waals surface area (Å²) in [5.74, 6) is -0.677. The number of carbonyl (C=O) groups excluding carboxylic acids is 3. The largest absolute Gasteiger partial charge is 0.337 e. The van der Waals surface area contributed by atoms with Gasteiger partial charge in [-0.1, -0.05) is 29.8 Å². The van der Waals surface area contributed by atoms with E-state index in [0.29, 0.717) is 5.69 Å². The first kappa shape index (κ1) is 17.8. The average Bonchev–Trinajstić information content (AvgIpc) is 2.62. The summed E-state index contributed by atoms with van der Waals surface area (Å²) in [6.45, 7) is 1.95. The molecule has 0 saturated carbocycles. The van der Waals surface area contributed by atoms with Gasteiger partial charge in [-0.2, -0.15) is 0 Å². The number of aryl methyl sites for hydroxylation is 1. The molecule has 2 aromatic rings. The van der Waals surface area contributed by atoms with E-state index in [2.05, 4.69) is 21.5 Å². The molecule has 4 amide bonds. The van der Waals surface area contributed by atoms with Crippen LogP contribution in [0.5, 0.6) is 0 Å². The zero-order valence-electron chi connectivity index (χ0n) is 14.0. The van der Waals surface area contributed by atoms with Crippen LogP contribution in [0.15, 0.2) is 53.4 Å². The molecular formula is C18H18N4O3S. The normalized spacial score (nSPS) is 15.4. The maximum Gasteiger partial charge on any atom is 0.337 e. The fourth-order valence-corrected chi connectivity index (χ4v) is 3.48. The number of hydrogen-bond donors (Lipinski definition) is 4. The highest BCUT2D eigenvalue weighted by Crippen LogP contribution is 2.36. The molecule has 0 aromatic heterocycles. The highest BCUT2D eigenvalue weighted by atomic mass is 32.2. The van der Waals surface area contributed by atoms with Crippen LogP contribution in [0, 0.1) is 6.92 Å². The van der Waals surface area contributed by atoms with Gasteiger partial charge in [-0.05, 0) is 31.2 Å². The van der Waals surface area contributed by atoms with Gasteiger partial charge in [-0.15, -0.1) is 11.8 Å². The summed E-state index contributed by atoms with van der Waals surface area (Å²) in [4.78, 5) is 36.8. The van der Waals surface area contributed by atoms with E-state index in [1.807, 2.05) is 43.3 Å². The SMILES string of the molecule is Cc1ccc(NC(=O)NNC(=O)C[C@H]2Sc3ccccc3NC2=O)cc1. The van der Waals surface area contributed by atoms with Crippen LogP contribution in [0.25, 0.3) is 0 Å². The van der Waals surface area contributed by atoms with Crippen LogP contribution < -0.4 is 21.5 Å². The molecule has 1 aliphatic rings. The van der Waals surface area contributed by atoms with Crippen molar-refractivity contribution in [3.05, 3.63) is 54.1 Å². The molecule has 1 aliphatic heterocycles. The Balaban J connectivity index is 1.47. The number of thioether (sulfide) groups is 1. The number of carbonyl (C=O) groups is 3. The maximum absolute atomic E-state index is 12.1. The van der Waals surface area contributed by atoms with Gasteiger partial charge in [0.2, 0.25) is 11.8 Å². The summed E-state index contributed by atoms with van der Waals surface area (Å²) in [6.07, 6.45) is -0.0460. The molecule has 0 fully saturated rings. The predicted octanol–water partition coefficient (Wildman–Crippen LogP) is 2.65. The van der Waals surface area contributed by atoms with Crippen molar-refractivity contribution in [2.75, 3.05) is 10.6 Å². The third kappa shape index (κ3) is 4.54. The Morgan fingerprint density at radius 2 is 1.81 bits per heavy atom. The smallest absolute Gasteiger partial charge is 0.324 e. The summed E-state index contributed by atoms with van der Waals surface area (Å²) in [5.41, 5.74) is 7.03. The third-order valence-corrected chi connectivity index (χ3v) is 4.98. The van der Waals surface area contributed by atoms with E-state index < -0.39 is 17.2 Å². The number of fused-ring (bicyclic) bond motifs is 1. The van der Waals surface area contributed by atoms with E-state index >= 15 is 0 Å². The zero-order valence-corrected chi connectivity index (χ0v) is 14.9. The van der Waals surface area contributed by atoms with E-state index in [0.717, 1.165) is 16.1 Å². The van der Waals surface area contributed by atoms with Crippen molar-refractivity contribution in [3.63, 3.8) is 0 Å².